The summed E-state index contributed by atoms with van der Waals surface area (Å²) in [6.45, 7) is 3.79. The summed E-state index contributed by atoms with van der Waals surface area (Å²) in [5.41, 5.74) is 3.18. The van der Waals surface area contributed by atoms with E-state index in [2.05, 4.69) is 0 Å². The van der Waals surface area contributed by atoms with Crippen molar-refractivity contribution in [2.45, 2.75) is 13.8 Å². The predicted molar refractivity (Wildman–Crippen MR) is 80.3 cm³/mol. The van der Waals surface area contributed by atoms with Crippen LogP contribution in [0.15, 0.2) is 24.3 Å². The van der Waals surface area contributed by atoms with Gasteiger partial charge >= 0.3 is 0 Å². The first kappa shape index (κ1) is 14.4. The van der Waals surface area contributed by atoms with E-state index in [1.54, 1.807) is 12.1 Å². The molecule has 0 atom stereocenters. The van der Waals surface area contributed by atoms with Gasteiger partial charge in [0.15, 0.2) is 5.78 Å². The van der Waals surface area contributed by atoms with E-state index in [0.29, 0.717) is 15.6 Å². The lowest BCUT2D eigenvalue weighted by Gasteiger charge is -2.12. The molecule has 1 heterocycles. The minimum Gasteiger partial charge on any atom is -0.316 e. The average molecular weight is 317 g/mol. The van der Waals surface area contributed by atoms with Gasteiger partial charge in [-0.25, -0.2) is 0 Å². The Hall–Kier alpha value is -0.960. The summed E-state index contributed by atoms with van der Waals surface area (Å²) in [4.78, 5) is 11.8. The third kappa shape index (κ3) is 2.66. The highest BCUT2D eigenvalue weighted by atomic mass is 35.5. The van der Waals surface area contributed by atoms with Crippen molar-refractivity contribution in [2.24, 2.45) is 0 Å². The highest BCUT2D eigenvalue weighted by Gasteiger charge is 2.17. The molecule has 0 aliphatic rings. The molecular formula is C14H12Cl3NO. The van der Waals surface area contributed by atoms with Crippen molar-refractivity contribution >= 4 is 40.6 Å². The number of hydrogen-bond acceptors (Lipinski definition) is 1. The Bertz CT molecular complexity index is 646. The minimum atomic E-state index is -0.0916. The van der Waals surface area contributed by atoms with Gasteiger partial charge in [-0.05, 0) is 38.1 Å². The maximum Gasteiger partial charge on any atom is 0.179 e. The Labute approximate surface area is 126 Å². The maximum atomic E-state index is 11.8. The molecule has 2 rings (SSSR count). The van der Waals surface area contributed by atoms with Crippen molar-refractivity contribution in [3.63, 3.8) is 0 Å². The van der Waals surface area contributed by atoms with E-state index >= 15 is 0 Å². The molecule has 0 radical (unpaired) electrons. The maximum absolute atomic E-state index is 11.8. The first-order valence-electron chi connectivity index (χ1n) is 5.69. The lowest BCUT2D eigenvalue weighted by atomic mass is 10.2. The minimum absolute atomic E-state index is 0.0291. The van der Waals surface area contributed by atoms with Crippen LogP contribution < -0.4 is 0 Å². The lowest BCUT2D eigenvalue weighted by molar-refractivity contribution is 0.102. The van der Waals surface area contributed by atoms with Gasteiger partial charge in [-0.2, -0.15) is 0 Å². The number of halogens is 3. The van der Waals surface area contributed by atoms with Crippen molar-refractivity contribution in [3.8, 4) is 5.69 Å². The molecule has 0 N–H and O–H groups in total. The molecule has 0 fully saturated rings. The molecule has 19 heavy (non-hydrogen) atoms. The molecule has 0 aliphatic carbocycles. The number of Topliss-reactive ketones (excluding diaryl/α,β-unsaturated/α-hetero) is 1. The fourth-order valence-corrected chi connectivity index (χ4v) is 2.79. The molecule has 0 spiro atoms. The van der Waals surface area contributed by atoms with Gasteiger partial charge in [0.2, 0.25) is 0 Å². The van der Waals surface area contributed by atoms with Crippen LogP contribution >= 0.6 is 34.8 Å². The van der Waals surface area contributed by atoms with Gasteiger partial charge < -0.3 is 4.57 Å². The number of ketones is 1. The van der Waals surface area contributed by atoms with E-state index in [4.69, 9.17) is 34.8 Å². The van der Waals surface area contributed by atoms with Crippen LogP contribution in [-0.4, -0.2) is 16.2 Å². The summed E-state index contributed by atoms with van der Waals surface area (Å²) >= 11 is 17.7. The van der Waals surface area contributed by atoms with Crippen molar-refractivity contribution < 1.29 is 4.79 Å². The first-order chi connectivity index (χ1) is 8.95. The number of aromatic nitrogens is 1. The number of carbonyl (C=O) groups is 1. The smallest absolute Gasteiger partial charge is 0.179 e. The van der Waals surface area contributed by atoms with E-state index in [0.717, 1.165) is 17.1 Å². The predicted octanol–water partition coefficient (Wildman–Crippen LogP) is 4.82. The summed E-state index contributed by atoms with van der Waals surface area (Å²) in [7, 11) is 0. The molecule has 0 aliphatic heterocycles. The van der Waals surface area contributed by atoms with Crippen molar-refractivity contribution in [1.29, 1.82) is 0 Å². The third-order valence-electron chi connectivity index (χ3n) is 3.00. The van der Waals surface area contributed by atoms with Crippen LogP contribution in [0.1, 0.15) is 21.7 Å². The van der Waals surface area contributed by atoms with Crippen LogP contribution in [0.3, 0.4) is 0 Å². The molecule has 0 saturated heterocycles. The van der Waals surface area contributed by atoms with Crippen LogP contribution in [0.25, 0.3) is 5.69 Å². The molecule has 0 amide bonds. The molecule has 2 nitrogen and oxygen atoms in total. The Morgan fingerprint density at radius 3 is 2.47 bits per heavy atom. The van der Waals surface area contributed by atoms with E-state index < -0.39 is 0 Å². The third-order valence-corrected chi connectivity index (χ3v) is 3.78. The molecule has 0 unspecified atom stereocenters. The number of alkyl halides is 1. The molecule has 1 aromatic heterocycles. The number of hydrogen-bond donors (Lipinski definition) is 0. The van der Waals surface area contributed by atoms with Gasteiger partial charge in [-0.3, -0.25) is 4.79 Å². The second-order valence-electron chi connectivity index (χ2n) is 4.27. The standard InChI is InChI=1S/C14H12Cl3NO/c1-8-5-11(14(19)7-15)9(2)18(8)13-4-3-10(16)6-12(13)17/h3-6H,7H2,1-2H3. The Kier molecular flexibility index (Phi) is 4.24. The Balaban J connectivity index is 2.63. The Morgan fingerprint density at radius 2 is 1.89 bits per heavy atom. The van der Waals surface area contributed by atoms with E-state index in [-0.39, 0.29) is 11.7 Å². The van der Waals surface area contributed by atoms with Gasteiger partial charge in [-0.1, -0.05) is 23.2 Å². The molecule has 0 bridgehead atoms. The zero-order valence-electron chi connectivity index (χ0n) is 10.5. The summed E-state index contributed by atoms with van der Waals surface area (Å²) < 4.78 is 1.93. The van der Waals surface area contributed by atoms with E-state index in [9.17, 15) is 4.79 Å². The van der Waals surface area contributed by atoms with Gasteiger partial charge in [0.05, 0.1) is 16.6 Å². The van der Waals surface area contributed by atoms with Gasteiger partial charge in [0.1, 0.15) is 0 Å². The van der Waals surface area contributed by atoms with Crippen molar-refractivity contribution in [2.75, 3.05) is 5.88 Å². The lowest BCUT2D eigenvalue weighted by Crippen LogP contribution is -2.04. The number of benzene rings is 1. The molecule has 100 valence electrons. The Morgan fingerprint density at radius 1 is 1.21 bits per heavy atom. The largest absolute Gasteiger partial charge is 0.316 e. The zero-order valence-corrected chi connectivity index (χ0v) is 12.8. The molecule has 5 heteroatoms. The van der Waals surface area contributed by atoms with Crippen molar-refractivity contribution in [1.82, 2.24) is 4.57 Å². The molecule has 0 saturated carbocycles. The van der Waals surface area contributed by atoms with Gasteiger partial charge in [0.25, 0.3) is 0 Å². The van der Waals surface area contributed by atoms with Crippen LogP contribution in [0, 0.1) is 13.8 Å². The summed E-state index contributed by atoms with van der Waals surface area (Å²) in [6.07, 6.45) is 0. The van der Waals surface area contributed by atoms with E-state index in [1.807, 2.05) is 30.5 Å². The quantitative estimate of drug-likeness (QED) is 0.587. The van der Waals surface area contributed by atoms with E-state index in [1.165, 1.54) is 0 Å². The molecular weight excluding hydrogens is 305 g/mol. The highest BCUT2D eigenvalue weighted by Crippen LogP contribution is 2.29. The van der Waals surface area contributed by atoms with Gasteiger partial charge in [0, 0.05) is 22.0 Å². The fraction of sp³-hybridized carbons (Fsp3) is 0.214. The number of aryl methyl sites for hydroxylation is 1. The summed E-state index contributed by atoms with van der Waals surface area (Å²) in [6, 6.07) is 7.11. The zero-order chi connectivity index (χ0) is 14.2. The van der Waals surface area contributed by atoms with Crippen LogP contribution in [0.4, 0.5) is 0 Å². The normalized spacial score (nSPS) is 10.8. The van der Waals surface area contributed by atoms with Gasteiger partial charge in [-0.15, -0.1) is 11.6 Å². The molecule has 2 aromatic rings. The van der Waals surface area contributed by atoms with Crippen LogP contribution in [0.2, 0.25) is 10.0 Å². The fourth-order valence-electron chi connectivity index (χ4n) is 2.15. The van der Waals surface area contributed by atoms with Crippen LogP contribution in [0.5, 0.6) is 0 Å². The monoisotopic (exact) mass is 315 g/mol. The number of nitrogens with zero attached hydrogens (tertiary/aromatic N) is 1. The van der Waals surface area contributed by atoms with Crippen LogP contribution in [-0.2, 0) is 0 Å². The number of carbonyl (C=O) groups excluding carboxylic acids is 1. The molecule has 1 aromatic carbocycles. The topological polar surface area (TPSA) is 22.0 Å². The number of rotatable bonds is 3. The average Bonchev–Trinajstić information content (AvgIpc) is 2.65. The first-order valence-corrected chi connectivity index (χ1v) is 6.98. The second kappa shape index (κ2) is 5.58. The summed E-state index contributed by atoms with van der Waals surface area (Å²) in [5.74, 6) is -0.121. The SMILES string of the molecule is Cc1cc(C(=O)CCl)c(C)n1-c1ccc(Cl)cc1Cl. The van der Waals surface area contributed by atoms with Crippen molar-refractivity contribution in [3.05, 3.63) is 51.3 Å². The second-order valence-corrected chi connectivity index (χ2v) is 5.38. The highest BCUT2D eigenvalue weighted by molar-refractivity contribution is 6.35. The summed E-state index contributed by atoms with van der Waals surface area (Å²) in [5, 5.41) is 1.12.